The SMILES string of the molecule is CCC(C)OC(=O)c1c(NC(=O)c2ccn(COc3ccc([N+](=O)[O-])cc3Cl)n2)sc2c1CCCC2. The van der Waals surface area contributed by atoms with Crippen LogP contribution in [0.15, 0.2) is 30.5 Å². The summed E-state index contributed by atoms with van der Waals surface area (Å²) in [5, 5.41) is 18.5. The highest BCUT2D eigenvalue weighted by Gasteiger charge is 2.28. The number of nitro benzene ring substituents is 1. The molecule has 0 radical (unpaired) electrons. The van der Waals surface area contributed by atoms with Gasteiger partial charge in [0.25, 0.3) is 11.6 Å². The molecule has 1 unspecified atom stereocenters. The number of halogens is 1. The number of carbonyl (C=O) groups is 2. The van der Waals surface area contributed by atoms with Gasteiger partial charge in [-0.15, -0.1) is 11.3 Å². The Balaban J connectivity index is 1.46. The van der Waals surface area contributed by atoms with E-state index in [1.54, 1.807) is 6.20 Å². The van der Waals surface area contributed by atoms with Crippen molar-refractivity contribution in [1.29, 1.82) is 0 Å². The number of carbonyl (C=O) groups excluding carboxylic acids is 2. The molecule has 2 aromatic heterocycles. The van der Waals surface area contributed by atoms with Crippen LogP contribution in [0.1, 0.15) is 64.4 Å². The number of nitro groups is 1. The maximum Gasteiger partial charge on any atom is 0.341 e. The van der Waals surface area contributed by atoms with Crippen LogP contribution >= 0.6 is 22.9 Å². The molecular weight excluding hydrogens is 508 g/mol. The van der Waals surface area contributed by atoms with E-state index in [9.17, 15) is 19.7 Å². The number of amides is 1. The maximum absolute atomic E-state index is 13.0. The first-order valence-corrected chi connectivity index (χ1v) is 12.7. The van der Waals surface area contributed by atoms with Gasteiger partial charge in [0.05, 0.1) is 21.6 Å². The van der Waals surface area contributed by atoms with E-state index in [0.29, 0.717) is 17.0 Å². The smallest absolute Gasteiger partial charge is 0.341 e. The molecule has 0 bridgehead atoms. The molecule has 1 N–H and O–H groups in total. The normalized spacial score (nSPS) is 13.5. The molecule has 0 fully saturated rings. The summed E-state index contributed by atoms with van der Waals surface area (Å²) in [7, 11) is 0. The molecule has 0 spiro atoms. The quantitative estimate of drug-likeness (QED) is 0.215. The number of ether oxygens (including phenoxy) is 2. The van der Waals surface area contributed by atoms with Crippen LogP contribution in [0.4, 0.5) is 10.7 Å². The average molecular weight is 533 g/mol. The van der Waals surface area contributed by atoms with E-state index in [-0.39, 0.29) is 35.0 Å². The number of fused-ring (bicyclic) bond motifs is 1. The van der Waals surface area contributed by atoms with Gasteiger partial charge in [0, 0.05) is 23.2 Å². The summed E-state index contributed by atoms with van der Waals surface area (Å²) in [4.78, 5) is 37.3. The molecule has 4 rings (SSSR count). The second kappa shape index (κ2) is 11.1. The largest absolute Gasteiger partial charge is 0.470 e. The predicted molar refractivity (Wildman–Crippen MR) is 135 cm³/mol. The average Bonchev–Trinajstić information content (AvgIpc) is 3.47. The standard InChI is InChI=1S/C24H25ClN4O6S/c1-3-14(2)35-24(31)21-16-6-4-5-7-20(16)36-23(21)26-22(30)18-10-11-28(27-18)13-34-19-9-8-15(29(32)33)12-17(19)25/h8-12,14H,3-7,13H2,1-2H3,(H,26,30). The number of esters is 1. The van der Waals surface area contributed by atoms with E-state index in [1.165, 1.54) is 40.3 Å². The zero-order valence-electron chi connectivity index (χ0n) is 19.8. The Morgan fingerprint density at radius 3 is 2.81 bits per heavy atom. The van der Waals surface area contributed by atoms with E-state index in [4.69, 9.17) is 21.1 Å². The Hall–Kier alpha value is -3.44. The highest BCUT2D eigenvalue weighted by molar-refractivity contribution is 7.17. The Morgan fingerprint density at radius 2 is 2.08 bits per heavy atom. The molecule has 12 heteroatoms. The number of rotatable bonds is 9. The van der Waals surface area contributed by atoms with Crippen molar-refractivity contribution in [2.75, 3.05) is 5.32 Å². The number of hydrogen-bond acceptors (Lipinski definition) is 8. The molecule has 0 aliphatic heterocycles. The summed E-state index contributed by atoms with van der Waals surface area (Å²) < 4.78 is 12.5. The first-order valence-electron chi connectivity index (χ1n) is 11.5. The summed E-state index contributed by atoms with van der Waals surface area (Å²) in [6.07, 6.45) is 5.73. The van der Waals surface area contributed by atoms with Crippen molar-refractivity contribution < 1.29 is 24.0 Å². The van der Waals surface area contributed by atoms with Crippen LogP contribution in [-0.2, 0) is 24.3 Å². The zero-order valence-corrected chi connectivity index (χ0v) is 21.4. The first-order chi connectivity index (χ1) is 17.3. The number of benzene rings is 1. The second-order valence-corrected chi connectivity index (χ2v) is 9.89. The van der Waals surface area contributed by atoms with Crippen LogP contribution < -0.4 is 10.1 Å². The van der Waals surface area contributed by atoms with Crippen molar-refractivity contribution in [3.05, 3.63) is 67.3 Å². The van der Waals surface area contributed by atoms with Gasteiger partial charge in [-0.3, -0.25) is 14.9 Å². The molecule has 10 nitrogen and oxygen atoms in total. The van der Waals surface area contributed by atoms with Crippen molar-refractivity contribution in [3.8, 4) is 5.75 Å². The lowest BCUT2D eigenvalue weighted by Gasteiger charge is -2.15. The van der Waals surface area contributed by atoms with Crippen LogP contribution in [0.3, 0.4) is 0 Å². The van der Waals surface area contributed by atoms with Crippen molar-refractivity contribution in [2.24, 2.45) is 0 Å². The molecule has 1 aliphatic carbocycles. The lowest BCUT2D eigenvalue weighted by atomic mass is 9.95. The van der Waals surface area contributed by atoms with Gasteiger partial charge in [0.1, 0.15) is 10.8 Å². The molecule has 1 aliphatic rings. The summed E-state index contributed by atoms with van der Waals surface area (Å²) >= 11 is 7.46. The van der Waals surface area contributed by atoms with E-state index in [2.05, 4.69) is 10.4 Å². The third kappa shape index (κ3) is 5.68. The fourth-order valence-electron chi connectivity index (χ4n) is 3.77. The van der Waals surface area contributed by atoms with Gasteiger partial charge in [-0.1, -0.05) is 18.5 Å². The fourth-order valence-corrected chi connectivity index (χ4v) is 5.27. The topological polar surface area (TPSA) is 126 Å². The minimum absolute atomic E-state index is 0.0649. The predicted octanol–water partition coefficient (Wildman–Crippen LogP) is 5.63. The van der Waals surface area contributed by atoms with Crippen molar-refractivity contribution >= 4 is 45.5 Å². The second-order valence-electron chi connectivity index (χ2n) is 8.38. The Labute approximate surface area is 216 Å². The highest BCUT2D eigenvalue weighted by Crippen LogP contribution is 2.39. The number of hydrogen-bond donors (Lipinski definition) is 1. The molecule has 190 valence electrons. The molecule has 3 aromatic rings. The molecule has 0 saturated heterocycles. The number of aromatic nitrogens is 2. The molecule has 1 aromatic carbocycles. The summed E-state index contributed by atoms with van der Waals surface area (Å²) in [5.41, 5.74) is 1.40. The van der Waals surface area contributed by atoms with Crippen LogP contribution in [0, 0.1) is 10.1 Å². The molecule has 1 amide bonds. The number of thiophene rings is 1. The van der Waals surface area contributed by atoms with Crippen molar-refractivity contribution in [1.82, 2.24) is 9.78 Å². The minimum Gasteiger partial charge on any atom is -0.470 e. The van der Waals surface area contributed by atoms with Gasteiger partial charge in [0.2, 0.25) is 0 Å². The van der Waals surface area contributed by atoms with Crippen molar-refractivity contribution in [2.45, 2.75) is 58.8 Å². The number of nitrogens with zero attached hydrogens (tertiary/aromatic N) is 3. The number of nitrogens with one attached hydrogen (secondary N) is 1. The Morgan fingerprint density at radius 1 is 1.31 bits per heavy atom. The molecule has 36 heavy (non-hydrogen) atoms. The van der Waals surface area contributed by atoms with Gasteiger partial charge in [0.15, 0.2) is 12.4 Å². The molecule has 0 saturated carbocycles. The number of anilines is 1. The number of non-ortho nitro benzene ring substituents is 1. The van der Waals surface area contributed by atoms with Crippen LogP contribution in [0.5, 0.6) is 5.75 Å². The van der Waals surface area contributed by atoms with Crippen molar-refractivity contribution in [3.63, 3.8) is 0 Å². The third-order valence-electron chi connectivity index (χ3n) is 5.84. The van der Waals surface area contributed by atoms with Gasteiger partial charge in [-0.25, -0.2) is 9.48 Å². The fraction of sp³-hybridized carbons (Fsp3) is 0.375. The lowest BCUT2D eigenvalue weighted by Crippen LogP contribution is -2.19. The third-order valence-corrected chi connectivity index (χ3v) is 7.34. The highest BCUT2D eigenvalue weighted by atomic mass is 35.5. The van der Waals surface area contributed by atoms with E-state index in [0.717, 1.165) is 36.1 Å². The zero-order chi connectivity index (χ0) is 25.8. The molecule has 1 atom stereocenters. The molecular formula is C24H25ClN4O6S. The Bertz CT molecular complexity index is 1300. The van der Waals surface area contributed by atoms with Gasteiger partial charge in [-0.2, -0.15) is 5.10 Å². The Kier molecular flexibility index (Phi) is 7.90. The van der Waals surface area contributed by atoms with E-state index in [1.807, 2.05) is 13.8 Å². The summed E-state index contributed by atoms with van der Waals surface area (Å²) in [6.45, 7) is 3.72. The number of aryl methyl sites for hydroxylation is 1. The van der Waals surface area contributed by atoms with Crippen LogP contribution in [0.25, 0.3) is 0 Å². The first kappa shape index (κ1) is 25.6. The van der Waals surface area contributed by atoms with Crippen LogP contribution in [-0.4, -0.2) is 32.7 Å². The summed E-state index contributed by atoms with van der Waals surface area (Å²) in [5.74, 6) is -0.631. The van der Waals surface area contributed by atoms with Gasteiger partial charge in [-0.05, 0) is 56.7 Å². The van der Waals surface area contributed by atoms with Crippen LogP contribution in [0.2, 0.25) is 5.02 Å². The maximum atomic E-state index is 13.0. The van der Waals surface area contributed by atoms with E-state index < -0.39 is 16.8 Å². The monoisotopic (exact) mass is 532 g/mol. The van der Waals surface area contributed by atoms with E-state index >= 15 is 0 Å². The van der Waals surface area contributed by atoms with Gasteiger partial charge >= 0.3 is 5.97 Å². The van der Waals surface area contributed by atoms with Gasteiger partial charge < -0.3 is 14.8 Å². The molecule has 2 heterocycles. The lowest BCUT2D eigenvalue weighted by molar-refractivity contribution is -0.384. The summed E-state index contributed by atoms with van der Waals surface area (Å²) in [6, 6.07) is 5.41. The minimum atomic E-state index is -0.548.